The first-order chi connectivity index (χ1) is 16.3. The fourth-order valence-electron chi connectivity index (χ4n) is 4.67. The molecule has 0 bridgehead atoms. The Morgan fingerprint density at radius 2 is 1.88 bits per heavy atom. The number of thiocarbonyl (C=S) groups is 1. The molecule has 8 nitrogen and oxygen atoms in total. The molecule has 1 aromatic carbocycles. The van der Waals surface area contributed by atoms with Gasteiger partial charge in [0.15, 0.2) is 5.11 Å². The summed E-state index contributed by atoms with van der Waals surface area (Å²) < 4.78 is 10.7. The number of methoxy groups -OCH3 is 1. The zero-order valence-electron chi connectivity index (χ0n) is 20.3. The van der Waals surface area contributed by atoms with E-state index in [1.807, 2.05) is 12.1 Å². The number of hydrazine groups is 1. The molecule has 9 heteroatoms. The summed E-state index contributed by atoms with van der Waals surface area (Å²) in [7, 11) is 1.44. The molecule has 3 N–H and O–H groups in total. The van der Waals surface area contributed by atoms with Gasteiger partial charge in [0.25, 0.3) is 0 Å². The quantitative estimate of drug-likeness (QED) is 0.292. The van der Waals surface area contributed by atoms with Gasteiger partial charge in [0, 0.05) is 31.7 Å². The molecule has 0 unspecified atom stereocenters. The fraction of sp³-hybridized carbons (Fsp3) is 0.640. The van der Waals surface area contributed by atoms with Crippen LogP contribution >= 0.6 is 12.2 Å². The maximum Gasteiger partial charge on any atom is 0.316 e. The number of amides is 1. The number of anilines is 2. The molecule has 1 amide bonds. The lowest BCUT2D eigenvalue weighted by Gasteiger charge is -2.38. The number of rotatable bonds is 8. The third-order valence-electron chi connectivity index (χ3n) is 6.87. The van der Waals surface area contributed by atoms with E-state index in [1.165, 1.54) is 7.11 Å². The summed E-state index contributed by atoms with van der Waals surface area (Å²) in [6.45, 7) is 6.81. The largest absolute Gasteiger partial charge is 0.468 e. The monoisotopic (exact) mass is 488 g/mol. The fourth-order valence-corrected chi connectivity index (χ4v) is 4.83. The van der Waals surface area contributed by atoms with E-state index in [1.54, 1.807) is 0 Å². The maximum absolute atomic E-state index is 12.5. The Kier molecular flexibility index (Phi) is 7.62. The van der Waals surface area contributed by atoms with Gasteiger partial charge in [0.1, 0.15) is 0 Å². The van der Waals surface area contributed by atoms with Crippen LogP contribution in [0.5, 0.6) is 0 Å². The Bertz CT molecular complexity index is 923. The molecule has 2 saturated carbocycles. The zero-order valence-corrected chi connectivity index (χ0v) is 21.1. The molecule has 0 spiro atoms. The van der Waals surface area contributed by atoms with Crippen LogP contribution in [0, 0.1) is 11.8 Å². The van der Waals surface area contributed by atoms with Crippen molar-refractivity contribution < 1.29 is 19.1 Å². The summed E-state index contributed by atoms with van der Waals surface area (Å²) in [4.78, 5) is 27.0. The van der Waals surface area contributed by atoms with Crippen molar-refractivity contribution in [3.8, 4) is 0 Å². The first kappa shape index (κ1) is 24.7. The molecule has 34 heavy (non-hydrogen) atoms. The molecule has 0 radical (unpaired) electrons. The van der Waals surface area contributed by atoms with Gasteiger partial charge in [0.05, 0.1) is 23.9 Å². The van der Waals surface area contributed by atoms with Gasteiger partial charge in [-0.3, -0.25) is 20.4 Å². The Morgan fingerprint density at radius 1 is 1.18 bits per heavy atom. The number of nitrogens with zero attached hydrogens (tertiary/aromatic N) is 1. The second-order valence-corrected chi connectivity index (χ2v) is 10.4. The summed E-state index contributed by atoms with van der Waals surface area (Å²) in [5.41, 5.74) is 7.72. The van der Waals surface area contributed by atoms with E-state index in [0.29, 0.717) is 17.1 Å². The lowest BCUT2D eigenvalue weighted by molar-refractivity contribution is -0.143. The van der Waals surface area contributed by atoms with Crippen molar-refractivity contribution >= 4 is 40.6 Å². The number of hydrogen-bond donors (Lipinski definition) is 3. The summed E-state index contributed by atoms with van der Waals surface area (Å²) in [5.74, 6) is 0.304. The summed E-state index contributed by atoms with van der Waals surface area (Å²) in [6.07, 6.45) is 5.30. The minimum Gasteiger partial charge on any atom is -0.468 e. The van der Waals surface area contributed by atoms with Crippen molar-refractivity contribution in [3.63, 3.8) is 0 Å². The Hall–Kier alpha value is -2.39. The first-order valence-corrected chi connectivity index (χ1v) is 12.7. The second-order valence-electron chi connectivity index (χ2n) is 10.0. The molecule has 2 aliphatic carbocycles. The molecule has 3 aliphatic rings. The van der Waals surface area contributed by atoms with Crippen molar-refractivity contribution in [2.75, 3.05) is 37.1 Å². The summed E-state index contributed by atoms with van der Waals surface area (Å²) in [6, 6.07) is 6.50. The third kappa shape index (κ3) is 5.63. The van der Waals surface area contributed by atoms with Crippen LogP contribution in [0.25, 0.3) is 0 Å². The number of carbonyl (C=O) groups excluding carboxylic acids is 2. The van der Waals surface area contributed by atoms with Gasteiger partial charge in [0.2, 0.25) is 5.91 Å². The van der Waals surface area contributed by atoms with Crippen LogP contribution in [0.3, 0.4) is 0 Å². The van der Waals surface area contributed by atoms with Crippen molar-refractivity contribution in [1.29, 1.82) is 0 Å². The molecular formula is C25H36N4O4S. The van der Waals surface area contributed by atoms with Crippen molar-refractivity contribution in [3.05, 3.63) is 23.8 Å². The number of carbonyl (C=O) groups is 2. The van der Waals surface area contributed by atoms with Gasteiger partial charge >= 0.3 is 5.97 Å². The van der Waals surface area contributed by atoms with E-state index in [4.69, 9.17) is 21.7 Å². The highest BCUT2D eigenvalue weighted by Crippen LogP contribution is 2.50. The highest BCUT2D eigenvalue weighted by Gasteiger charge is 2.52. The lowest BCUT2D eigenvalue weighted by Crippen LogP contribution is -2.45. The molecule has 1 aliphatic heterocycles. The van der Waals surface area contributed by atoms with Gasteiger partial charge in [-0.15, -0.1) is 0 Å². The van der Waals surface area contributed by atoms with E-state index in [0.717, 1.165) is 75.2 Å². The van der Waals surface area contributed by atoms with Crippen molar-refractivity contribution in [1.82, 2.24) is 10.9 Å². The van der Waals surface area contributed by atoms with Crippen LogP contribution in [0.4, 0.5) is 11.4 Å². The zero-order chi connectivity index (χ0) is 24.3. The molecule has 1 heterocycles. The van der Waals surface area contributed by atoms with Crippen LogP contribution in [0.15, 0.2) is 18.2 Å². The van der Waals surface area contributed by atoms with Crippen LogP contribution in [-0.2, 0) is 24.5 Å². The number of ether oxygens (including phenoxy) is 2. The Morgan fingerprint density at radius 3 is 2.47 bits per heavy atom. The second kappa shape index (κ2) is 10.5. The Balaban J connectivity index is 1.62. The summed E-state index contributed by atoms with van der Waals surface area (Å²) >= 11 is 5.51. The molecular weight excluding hydrogens is 452 g/mol. The van der Waals surface area contributed by atoms with E-state index in [9.17, 15) is 9.59 Å². The maximum atomic E-state index is 12.5. The first-order valence-electron chi connectivity index (χ1n) is 12.3. The van der Waals surface area contributed by atoms with Crippen LogP contribution in [0.2, 0.25) is 0 Å². The number of hydrogen-bond acceptors (Lipinski definition) is 6. The Labute approximate surface area is 207 Å². The minimum absolute atomic E-state index is 0.0376. The predicted octanol–water partition coefficient (Wildman–Crippen LogP) is 3.26. The number of nitrogens with one attached hydrogen (secondary N) is 3. The molecule has 4 rings (SSSR count). The smallest absolute Gasteiger partial charge is 0.316 e. The van der Waals surface area contributed by atoms with E-state index in [-0.39, 0.29) is 17.8 Å². The van der Waals surface area contributed by atoms with Crippen LogP contribution in [0.1, 0.15) is 57.9 Å². The van der Waals surface area contributed by atoms with Crippen molar-refractivity contribution in [2.24, 2.45) is 11.8 Å². The van der Waals surface area contributed by atoms with E-state index < -0.39 is 5.41 Å². The molecule has 1 aromatic rings. The lowest BCUT2D eigenvalue weighted by atomic mass is 9.94. The third-order valence-corrected chi connectivity index (χ3v) is 7.08. The van der Waals surface area contributed by atoms with E-state index in [2.05, 4.69) is 41.0 Å². The predicted molar refractivity (Wildman–Crippen MR) is 136 cm³/mol. The van der Waals surface area contributed by atoms with Crippen molar-refractivity contribution in [2.45, 2.75) is 63.8 Å². The molecule has 0 atom stereocenters. The minimum atomic E-state index is -0.583. The average Bonchev–Trinajstić information content (AvgIpc) is 3.75. The molecule has 1 saturated heterocycles. The van der Waals surface area contributed by atoms with Gasteiger partial charge in [-0.2, -0.15) is 0 Å². The van der Waals surface area contributed by atoms with Gasteiger partial charge < -0.3 is 19.7 Å². The average molecular weight is 489 g/mol. The van der Waals surface area contributed by atoms with E-state index >= 15 is 0 Å². The van der Waals surface area contributed by atoms with Gasteiger partial charge in [-0.1, -0.05) is 19.9 Å². The highest BCUT2D eigenvalue weighted by molar-refractivity contribution is 7.80. The number of esters is 1. The molecule has 3 fully saturated rings. The van der Waals surface area contributed by atoms with Crippen LogP contribution < -0.4 is 21.1 Å². The molecule has 186 valence electrons. The normalized spacial score (nSPS) is 19.3. The molecule has 0 aromatic heterocycles. The number of benzene rings is 1. The van der Waals surface area contributed by atoms with Gasteiger partial charge in [-0.25, -0.2) is 0 Å². The topological polar surface area (TPSA) is 91.9 Å². The standard InChI is InChI=1S/C25H36N4O4S/c1-16(2)15-29(19-8-12-33-13-9-19)21-7-6-18(25(10-11-25)23(31)32-3)14-20(21)26-24(34)28-27-22(30)17-4-5-17/h6-7,14,16-17,19H,4-5,8-13,15H2,1-3H3,(H,27,30)(H2,26,28,34). The van der Waals surface area contributed by atoms with Gasteiger partial charge in [-0.05, 0) is 74.4 Å². The summed E-state index contributed by atoms with van der Waals surface area (Å²) in [5, 5.41) is 3.61. The highest BCUT2D eigenvalue weighted by atomic mass is 32.1. The van der Waals surface area contributed by atoms with Crippen LogP contribution in [-0.4, -0.2) is 49.9 Å². The SMILES string of the molecule is COC(=O)C1(c2ccc(N(CC(C)C)C3CCOCC3)c(NC(=S)NNC(=O)C3CC3)c2)CC1.